The summed E-state index contributed by atoms with van der Waals surface area (Å²) in [6, 6.07) is 5.87. The van der Waals surface area contributed by atoms with Crippen LogP contribution >= 0.6 is 27.7 Å². The van der Waals surface area contributed by atoms with Gasteiger partial charge in [-0.15, -0.1) is 0 Å². The maximum Gasteiger partial charge on any atom is 0.156 e. The van der Waals surface area contributed by atoms with Crippen LogP contribution in [0.5, 0.6) is 5.75 Å². The molecule has 1 aromatic carbocycles. The summed E-state index contributed by atoms with van der Waals surface area (Å²) < 4.78 is 6.24. The normalized spacial score (nSPS) is 10.3. The second kappa shape index (κ2) is 6.06. The van der Waals surface area contributed by atoms with Crippen LogP contribution in [0.2, 0.25) is 0 Å². The minimum absolute atomic E-state index is 0.460. The number of anilines is 1. The molecule has 0 aliphatic carbocycles. The van der Waals surface area contributed by atoms with Crippen LogP contribution in [-0.2, 0) is 5.75 Å². The SMILES string of the molecule is COc1ccc(Br)c(CSc2nccnc2N)c1. The number of halogens is 1. The van der Waals surface area contributed by atoms with Crippen LogP contribution in [0.25, 0.3) is 0 Å². The van der Waals surface area contributed by atoms with Crippen LogP contribution in [0, 0.1) is 0 Å². The van der Waals surface area contributed by atoms with E-state index in [9.17, 15) is 0 Å². The number of ether oxygens (including phenoxy) is 1. The van der Waals surface area contributed by atoms with Crippen LogP contribution in [0.3, 0.4) is 0 Å². The van der Waals surface area contributed by atoms with Gasteiger partial charge in [0.25, 0.3) is 0 Å². The second-order valence-electron chi connectivity index (χ2n) is 3.49. The molecule has 0 unspecified atom stereocenters. The summed E-state index contributed by atoms with van der Waals surface area (Å²) >= 11 is 5.06. The van der Waals surface area contributed by atoms with Gasteiger partial charge in [-0.25, -0.2) is 9.97 Å². The lowest BCUT2D eigenvalue weighted by molar-refractivity contribution is 0.414. The van der Waals surface area contributed by atoms with Crippen molar-refractivity contribution < 1.29 is 4.74 Å². The number of aromatic nitrogens is 2. The van der Waals surface area contributed by atoms with Crippen molar-refractivity contribution in [3.63, 3.8) is 0 Å². The molecule has 94 valence electrons. The summed E-state index contributed by atoms with van der Waals surface area (Å²) in [5, 5.41) is 0.743. The number of nitrogens with zero attached hydrogens (tertiary/aromatic N) is 2. The van der Waals surface area contributed by atoms with Crippen molar-refractivity contribution >= 4 is 33.5 Å². The molecular formula is C12H12BrN3OS. The first-order valence-corrected chi connectivity index (χ1v) is 7.00. The maximum atomic E-state index is 5.75. The lowest BCUT2D eigenvalue weighted by Crippen LogP contribution is -1.95. The Bertz CT molecular complexity index is 551. The highest BCUT2D eigenvalue weighted by atomic mass is 79.9. The Morgan fingerprint density at radius 2 is 2.11 bits per heavy atom. The fraction of sp³-hybridized carbons (Fsp3) is 0.167. The highest BCUT2D eigenvalue weighted by molar-refractivity contribution is 9.10. The molecule has 2 rings (SSSR count). The van der Waals surface area contributed by atoms with Gasteiger partial charge in [-0.05, 0) is 23.8 Å². The van der Waals surface area contributed by atoms with Gasteiger partial charge < -0.3 is 10.5 Å². The summed E-state index contributed by atoms with van der Waals surface area (Å²) in [5.74, 6) is 2.04. The van der Waals surface area contributed by atoms with Crippen molar-refractivity contribution in [1.82, 2.24) is 9.97 Å². The van der Waals surface area contributed by atoms with E-state index in [4.69, 9.17) is 10.5 Å². The quantitative estimate of drug-likeness (QED) is 0.875. The molecule has 4 nitrogen and oxygen atoms in total. The summed E-state index contributed by atoms with van der Waals surface area (Å²) in [4.78, 5) is 8.20. The number of methoxy groups -OCH3 is 1. The van der Waals surface area contributed by atoms with E-state index in [0.717, 1.165) is 26.6 Å². The molecule has 2 aromatic rings. The second-order valence-corrected chi connectivity index (χ2v) is 5.31. The van der Waals surface area contributed by atoms with Crippen molar-refractivity contribution in [3.05, 3.63) is 40.6 Å². The van der Waals surface area contributed by atoms with E-state index in [1.54, 1.807) is 31.3 Å². The Morgan fingerprint density at radius 1 is 1.33 bits per heavy atom. The fourth-order valence-corrected chi connectivity index (χ4v) is 2.82. The molecular weight excluding hydrogens is 314 g/mol. The first-order valence-electron chi connectivity index (χ1n) is 5.22. The Kier molecular flexibility index (Phi) is 4.43. The van der Waals surface area contributed by atoms with Gasteiger partial charge in [-0.3, -0.25) is 0 Å². The molecule has 6 heteroatoms. The van der Waals surface area contributed by atoms with E-state index in [0.29, 0.717) is 5.82 Å². The van der Waals surface area contributed by atoms with Crippen LogP contribution in [0.1, 0.15) is 5.56 Å². The zero-order valence-corrected chi connectivity index (χ0v) is 12.2. The largest absolute Gasteiger partial charge is 0.497 e. The van der Waals surface area contributed by atoms with E-state index in [2.05, 4.69) is 25.9 Å². The topological polar surface area (TPSA) is 61.0 Å². The number of hydrogen-bond acceptors (Lipinski definition) is 5. The van der Waals surface area contributed by atoms with Gasteiger partial charge in [-0.2, -0.15) is 0 Å². The minimum atomic E-state index is 0.460. The third-order valence-electron chi connectivity index (χ3n) is 2.31. The molecule has 0 saturated carbocycles. The fourth-order valence-electron chi connectivity index (χ4n) is 1.38. The molecule has 18 heavy (non-hydrogen) atoms. The number of rotatable bonds is 4. The zero-order chi connectivity index (χ0) is 13.0. The van der Waals surface area contributed by atoms with Crippen molar-refractivity contribution in [1.29, 1.82) is 0 Å². The van der Waals surface area contributed by atoms with E-state index < -0.39 is 0 Å². The number of nitrogens with two attached hydrogens (primary N) is 1. The Labute approximate surface area is 118 Å². The first kappa shape index (κ1) is 13.2. The Hall–Kier alpha value is -1.27. The van der Waals surface area contributed by atoms with Gasteiger partial charge in [0, 0.05) is 22.6 Å². The first-order chi connectivity index (χ1) is 8.70. The number of nitrogen functional groups attached to an aromatic ring is 1. The summed E-state index contributed by atoms with van der Waals surface area (Å²) in [5.41, 5.74) is 6.88. The van der Waals surface area contributed by atoms with E-state index in [-0.39, 0.29) is 0 Å². The standard InChI is InChI=1S/C12H12BrN3OS/c1-17-9-2-3-10(13)8(6-9)7-18-12-11(14)15-4-5-16-12/h2-6H,7H2,1H3,(H2,14,15). The van der Waals surface area contributed by atoms with E-state index in [1.165, 1.54) is 0 Å². The molecule has 0 aliphatic rings. The van der Waals surface area contributed by atoms with Gasteiger partial charge >= 0.3 is 0 Å². The van der Waals surface area contributed by atoms with Gasteiger partial charge in [0.2, 0.25) is 0 Å². The van der Waals surface area contributed by atoms with Crippen LogP contribution in [0.4, 0.5) is 5.82 Å². The van der Waals surface area contributed by atoms with Gasteiger partial charge in [0.15, 0.2) is 5.82 Å². The van der Waals surface area contributed by atoms with Gasteiger partial charge in [0.1, 0.15) is 10.8 Å². The summed E-state index contributed by atoms with van der Waals surface area (Å²) in [6.07, 6.45) is 3.22. The maximum absolute atomic E-state index is 5.75. The summed E-state index contributed by atoms with van der Waals surface area (Å²) in [7, 11) is 1.65. The predicted octanol–water partition coefficient (Wildman–Crippen LogP) is 3.12. The van der Waals surface area contributed by atoms with Crippen LogP contribution in [0.15, 0.2) is 40.1 Å². The molecule has 0 saturated heterocycles. The van der Waals surface area contributed by atoms with Crippen molar-refractivity contribution in [3.8, 4) is 5.75 Å². The smallest absolute Gasteiger partial charge is 0.156 e. The number of hydrogen-bond donors (Lipinski definition) is 1. The van der Waals surface area contributed by atoms with Crippen molar-refractivity contribution in [2.75, 3.05) is 12.8 Å². The Balaban J connectivity index is 2.13. The molecule has 0 spiro atoms. The summed E-state index contributed by atoms with van der Waals surface area (Å²) in [6.45, 7) is 0. The van der Waals surface area contributed by atoms with Crippen LogP contribution in [-0.4, -0.2) is 17.1 Å². The average molecular weight is 326 g/mol. The molecule has 0 fully saturated rings. The third-order valence-corrected chi connectivity index (χ3v) is 4.13. The highest BCUT2D eigenvalue weighted by Gasteiger charge is 2.06. The lowest BCUT2D eigenvalue weighted by Gasteiger charge is -2.07. The molecule has 0 radical (unpaired) electrons. The predicted molar refractivity (Wildman–Crippen MR) is 76.7 cm³/mol. The molecule has 1 aromatic heterocycles. The average Bonchev–Trinajstić information content (AvgIpc) is 2.39. The monoisotopic (exact) mass is 325 g/mol. The zero-order valence-electron chi connectivity index (χ0n) is 9.76. The molecule has 1 heterocycles. The van der Waals surface area contributed by atoms with E-state index in [1.807, 2.05) is 18.2 Å². The minimum Gasteiger partial charge on any atom is -0.497 e. The number of benzene rings is 1. The van der Waals surface area contributed by atoms with E-state index >= 15 is 0 Å². The van der Waals surface area contributed by atoms with Gasteiger partial charge in [0.05, 0.1) is 7.11 Å². The molecule has 0 bridgehead atoms. The van der Waals surface area contributed by atoms with Gasteiger partial charge in [-0.1, -0.05) is 27.7 Å². The van der Waals surface area contributed by atoms with Crippen molar-refractivity contribution in [2.45, 2.75) is 10.8 Å². The third kappa shape index (κ3) is 3.14. The lowest BCUT2D eigenvalue weighted by atomic mass is 10.2. The van der Waals surface area contributed by atoms with Crippen molar-refractivity contribution in [2.24, 2.45) is 0 Å². The Morgan fingerprint density at radius 3 is 2.83 bits per heavy atom. The molecule has 0 amide bonds. The van der Waals surface area contributed by atoms with Crippen LogP contribution < -0.4 is 10.5 Å². The molecule has 2 N–H and O–H groups in total. The molecule has 0 aliphatic heterocycles. The highest BCUT2D eigenvalue weighted by Crippen LogP contribution is 2.30. The number of thioether (sulfide) groups is 1. The molecule has 0 atom stereocenters.